The number of aromatic nitrogens is 1. The molecular formula is C15H7F5N2O2. The van der Waals surface area contributed by atoms with Crippen LogP contribution in [0.25, 0.3) is 22.6 Å². The molecule has 4 nitrogen and oxygen atoms in total. The highest BCUT2D eigenvalue weighted by Gasteiger charge is 2.29. The van der Waals surface area contributed by atoms with Crippen LogP contribution in [0.5, 0.6) is 0 Å². The third kappa shape index (κ3) is 2.47. The first-order chi connectivity index (χ1) is 11.3. The molecule has 0 saturated carbocycles. The van der Waals surface area contributed by atoms with E-state index in [-0.39, 0.29) is 17.0 Å². The Morgan fingerprint density at radius 1 is 1.00 bits per heavy atom. The van der Waals surface area contributed by atoms with Crippen LogP contribution in [0.4, 0.5) is 27.6 Å². The summed E-state index contributed by atoms with van der Waals surface area (Å²) in [6.07, 6.45) is 0. The highest BCUT2D eigenvalue weighted by Crippen LogP contribution is 2.33. The van der Waals surface area contributed by atoms with Gasteiger partial charge in [0.25, 0.3) is 0 Å². The number of nitrogens with one attached hydrogen (secondary N) is 1. The minimum absolute atomic E-state index is 0.0445. The Balaban J connectivity index is 2.19. The fourth-order valence-corrected chi connectivity index (χ4v) is 2.11. The van der Waals surface area contributed by atoms with Crippen molar-refractivity contribution in [2.45, 2.75) is 6.92 Å². The second-order valence-electron chi connectivity index (χ2n) is 4.83. The molecule has 0 aliphatic heterocycles. The largest absolute Gasteiger partial charge is 0.436 e. The van der Waals surface area contributed by atoms with Gasteiger partial charge in [-0.2, -0.15) is 0 Å². The summed E-state index contributed by atoms with van der Waals surface area (Å²) in [7, 11) is 0. The van der Waals surface area contributed by atoms with E-state index in [1.54, 1.807) is 0 Å². The van der Waals surface area contributed by atoms with Gasteiger partial charge in [-0.15, -0.1) is 0 Å². The lowest BCUT2D eigenvalue weighted by atomic mass is 10.1. The minimum atomic E-state index is -2.27. The zero-order valence-corrected chi connectivity index (χ0v) is 11.9. The van der Waals surface area contributed by atoms with Crippen molar-refractivity contribution in [3.63, 3.8) is 0 Å². The second-order valence-corrected chi connectivity index (χ2v) is 4.83. The summed E-state index contributed by atoms with van der Waals surface area (Å²) in [5, 5.41) is 2.46. The number of nitrogens with zero attached hydrogens (tertiary/aromatic N) is 1. The van der Waals surface area contributed by atoms with Crippen LogP contribution in [-0.4, -0.2) is 10.9 Å². The molecule has 3 rings (SSSR count). The summed E-state index contributed by atoms with van der Waals surface area (Å²) in [5.74, 6) is -11.7. The Kier molecular flexibility index (Phi) is 3.70. The van der Waals surface area contributed by atoms with E-state index in [1.807, 2.05) is 0 Å². The van der Waals surface area contributed by atoms with Crippen molar-refractivity contribution in [1.29, 1.82) is 0 Å². The topological polar surface area (TPSA) is 55.1 Å². The number of carbonyl (C=O) groups is 1. The maximum absolute atomic E-state index is 13.8. The lowest BCUT2D eigenvalue weighted by molar-refractivity contribution is -0.114. The average Bonchev–Trinajstić information content (AvgIpc) is 2.93. The van der Waals surface area contributed by atoms with Gasteiger partial charge in [-0.05, 0) is 18.2 Å². The number of hydrogen-bond donors (Lipinski definition) is 1. The van der Waals surface area contributed by atoms with Crippen molar-refractivity contribution >= 4 is 22.7 Å². The van der Waals surface area contributed by atoms with E-state index in [0.717, 1.165) is 0 Å². The number of rotatable bonds is 2. The van der Waals surface area contributed by atoms with Crippen LogP contribution >= 0.6 is 0 Å². The van der Waals surface area contributed by atoms with Crippen molar-refractivity contribution in [1.82, 2.24) is 4.98 Å². The van der Waals surface area contributed by atoms with Gasteiger partial charge in [-0.3, -0.25) is 4.79 Å². The summed E-state index contributed by atoms with van der Waals surface area (Å²) in [4.78, 5) is 14.7. The fraction of sp³-hybridized carbons (Fsp3) is 0.0667. The predicted molar refractivity (Wildman–Crippen MR) is 73.5 cm³/mol. The van der Waals surface area contributed by atoms with Crippen molar-refractivity contribution in [2.24, 2.45) is 0 Å². The Labute approximate surface area is 130 Å². The Morgan fingerprint density at radius 2 is 1.58 bits per heavy atom. The molecule has 0 fully saturated rings. The van der Waals surface area contributed by atoms with Gasteiger partial charge in [0.05, 0.1) is 0 Å². The summed E-state index contributed by atoms with van der Waals surface area (Å²) in [6, 6.07) is 4.09. The van der Waals surface area contributed by atoms with Crippen molar-refractivity contribution < 1.29 is 31.2 Å². The standard InChI is InChI=1S/C15H7F5N2O2/c1-5(23)21-6-2-3-8-7(4-6)22-15(24-8)9-10(16)12(18)14(20)13(19)11(9)17/h2-4H,1H3,(H,21,23). The molecule has 0 aliphatic carbocycles. The van der Waals surface area contributed by atoms with Gasteiger partial charge in [-0.1, -0.05) is 0 Å². The van der Waals surface area contributed by atoms with Gasteiger partial charge < -0.3 is 9.73 Å². The van der Waals surface area contributed by atoms with Gasteiger partial charge in [0.2, 0.25) is 17.6 Å². The Morgan fingerprint density at radius 3 is 2.17 bits per heavy atom. The van der Waals surface area contributed by atoms with Gasteiger partial charge in [-0.25, -0.2) is 26.9 Å². The number of hydrogen-bond acceptors (Lipinski definition) is 3. The molecule has 0 saturated heterocycles. The van der Waals surface area contributed by atoms with E-state index >= 15 is 0 Å². The quantitative estimate of drug-likeness (QED) is 0.432. The van der Waals surface area contributed by atoms with Crippen molar-refractivity contribution in [3.8, 4) is 11.5 Å². The van der Waals surface area contributed by atoms with Crippen molar-refractivity contribution in [2.75, 3.05) is 5.32 Å². The van der Waals surface area contributed by atoms with Gasteiger partial charge in [0, 0.05) is 12.6 Å². The Bertz CT molecular complexity index is 955. The lowest BCUT2D eigenvalue weighted by Crippen LogP contribution is -2.05. The molecule has 0 atom stereocenters. The second kappa shape index (κ2) is 5.59. The van der Waals surface area contributed by atoms with Crippen LogP contribution in [0.15, 0.2) is 22.6 Å². The van der Waals surface area contributed by atoms with E-state index in [9.17, 15) is 26.7 Å². The molecule has 2 aromatic carbocycles. The summed E-state index contributed by atoms with van der Waals surface area (Å²) < 4.78 is 72.3. The predicted octanol–water partition coefficient (Wildman–Crippen LogP) is 4.15. The molecule has 1 heterocycles. The number of benzene rings is 2. The monoisotopic (exact) mass is 342 g/mol. The first-order valence-electron chi connectivity index (χ1n) is 6.49. The molecule has 1 N–H and O–H groups in total. The number of carbonyl (C=O) groups excluding carboxylic acids is 1. The molecule has 1 amide bonds. The van der Waals surface area contributed by atoms with Crippen LogP contribution in [0, 0.1) is 29.1 Å². The summed E-state index contributed by atoms with van der Waals surface area (Å²) >= 11 is 0. The third-order valence-electron chi connectivity index (χ3n) is 3.13. The molecule has 1 aromatic heterocycles. The molecule has 9 heteroatoms. The molecule has 0 unspecified atom stereocenters. The zero-order valence-electron chi connectivity index (χ0n) is 11.9. The van der Waals surface area contributed by atoms with E-state index in [0.29, 0.717) is 5.69 Å². The van der Waals surface area contributed by atoms with E-state index < -0.39 is 40.5 Å². The Hall–Kier alpha value is -2.97. The maximum Gasteiger partial charge on any atom is 0.233 e. The highest BCUT2D eigenvalue weighted by molar-refractivity contribution is 5.91. The van der Waals surface area contributed by atoms with E-state index in [4.69, 9.17) is 4.42 Å². The molecule has 0 radical (unpaired) electrons. The van der Waals surface area contributed by atoms with Gasteiger partial charge in [0.1, 0.15) is 11.1 Å². The van der Waals surface area contributed by atoms with Crippen LogP contribution in [-0.2, 0) is 4.79 Å². The molecule has 0 aliphatic rings. The van der Waals surface area contributed by atoms with Crippen LogP contribution in [0.1, 0.15) is 6.92 Å². The van der Waals surface area contributed by atoms with Crippen LogP contribution < -0.4 is 5.32 Å². The molecule has 3 aromatic rings. The minimum Gasteiger partial charge on any atom is -0.436 e. The first kappa shape index (κ1) is 15.9. The smallest absolute Gasteiger partial charge is 0.233 e. The number of anilines is 1. The molecule has 124 valence electrons. The highest BCUT2D eigenvalue weighted by atomic mass is 19.2. The van der Waals surface area contributed by atoms with Crippen LogP contribution in [0.3, 0.4) is 0 Å². The number of fused-ring (bicyclic) bond motifs is 1. The molecule has 0 bridgehead atoms. The summed E-state index contributed by atoms with van der Waals surface area (Å²) in [6.45, 7) is 1.27. The molecular weight excluding hydrogens is 335 g/mol. The number of halogens is 5. The van der Waals surface area contributed by atoms with E-state index in [1.165, 1.54) is 25.1 Å². The lowest BCUT2D eigenvalue weighted by Gasteiger charge is -2.04. The zero-order chi connectivity index (χ0) is 17.6. The van der Waals surface area contributed by atoms with E-state index in [2.05, 4.69) is 10.3 Å². The summed E-state index contributed by atoms with van der Waals surface area (Å²) in [5.41, 5.74) is -0.820. The number of oxazole rings is 1. The molecule has 0 spiro atoms. The normalized spacial score (nSPS) is 11.1. The SMILES string of the molecule is CC(=O)Nc1ccc2oc(-c3c(F)c(F)c(F)c(F)c3F)nc2c1. The van der Waals surface area contributed by atoms with Crippen molar-refractivity contribution in [3.05, 3.63) is 47.3 Å². The molecule has 24 heavy (non-hydrogen) atoms. The fourth-order valence-electron chi connectivity index (χ4n) is 2.11. The third-order valence-corrected chi connectivity index (χ3v) is 3.13. The average molecular weight is 342 g/mol. The first-order valence-corrected chi connectivity index (χ1v) is 6.49. The van der Waals surface area contributed by atoms with Crippen LogP contribution in [0.2, 0.25) is 0 Å². The van der Waals surface area contributed by atoms with Gasteiger partial charge in [0.15, 0.2) is 28.9 Å². The van der Waals surface area contributed by atoms with Gasteiger partial charge >= 0.3 is 0 Å². The maximum atomic E-state index is 13.8. The number of amides is 1.